The van der Waals surface area contributed by atoms with Gasteiger partial charge in [-0.25, -0.2) is 0 Å². The van der Waals surface area contributed by atoms with Crippen LogP contribution in [0.2, 0.25) is 0 Å². The minimum absolute atomic E-state index is 0.0955. The molecule has 7 aromatic rings. The van der Waals surface area contributed by atoms with Crippen molar-refractivity contribution in [2.75, 3.05) is 7.11 Å². The number of carbonyl (C=O) groups excluding carboxylic acids is 1. The van der Waals surface area contributed by atoms with E-state index in [1.54, 1.807) is 14.0 Å². The van der Waals surface area contributed by atoms with Crippen molar-refractivity contribution in [1.29, 1.82) is 0 Å². The van der Waals surface area contributed by atoms with E-state index in [0.717, 1.165) is 16.9 Å². The highest BCUT2D eigenvalue weighted by Crippen LogP contribution is 2.47. The third-order valence-corrected chi connectivity index (χ3v) is 10.2. The largest absolute Gasteiger partial charge is 0.497 e. The minimum atomic E-state index is 0.0955. The summed E-state index contributed by atoms with van der Waals surface area (Å²) in [5.74, 6) is 0.968. The number of ketones is 1. The Hall–Kier alpha value is -3.51. The predicted octanol–water partition coefficient (Wildman–Crippen LogP) is 10.0. The Kier molecular flexibility index (Phi) is 5.00. The molecule has 2 nitrogen and oxygen atoms in total. The lowest BCUT2D eigenvalue weighted by molar-refractivity contribution is 0.101. The van der Waals surface area contributed by atoms with Gasteiger partial charge in [-0.3, -0.25) is 4.79 Å². The molecule has 0 radical (unpaired) electrons. The van der Waals surface area contributed by atoms with Gasteiger partial charge in [-0.05, 0) is 78.7 Å². The molecule has 0 aliphatic heterocycles. The quantitative estimate of drug-likeness (QED) is 0.216. The van der Waals surface area contributed by atoms with Crippen molar-refractivity contribution in [3.8, 4) is 26.6 Å². The second kappa shape index (κ2) is 8.27. The zero-order valence-electron chi connectivity index (χ0n) is 19.6. The van der Waals surface area contributed by atoms with E-state index >= 15 is 0 Å². The Morgan fingerprint density at radius 2 is 1.08 bits per heavy atom. The molecule has 3 aromatic heterocycles. The number of Topliss-reactive ketones (excluding diaryl/α,β-unsaturated/α-hetero) is 1. The lowest BCUT2D eigenvalue weighted by Gasteiger charge is -2.00. The van der Waals surface area contributed by atoms with E-state index in [9.17, 15) is 4.79 Å². The first-order chi connectivity index (χ1) is 17.6. The lowest BCUT2D eigenvalue weighted by Crippen LogP contribution is -1.90. The van der Waals surface area contributed by atoms with Crippen LogP contribution < -0.4 is 4.74 Å². The van der Waals surface area contributed by atoms with Gasteiger partial charge in [0.05, 0.1) is 7.11 Å². The van der Waals surface area contributed by atoms with Gasteiger partial charge in [0.2, 0.25) is 0 Å². The van der Waals surface area contributed by atoms with Crippen molar-refractivity contribution in [3.05, 3.63) is 90.5 Å². The summed E-state index contributed by atoms with van der Waals surface area (Å²) in [5, 5.41) is 5.32. The molecule has 3 heterocycles. The molecular formula is C31H20O2S3. The number of hydrogen-bond donors (Lipinski definition) is 0. The van der Waals surface area contributed by atoms with E-state index in [1.807, 2.05) is 58.3 Å². The third kappa shape index (κ3) is 3.39. The summed E-state index contributed by atoms with van der Waals surface area (Å²) in [5.41, 5.74) is 3.11. The molecule has 0 N–H and O–H groups in total. The molecule has 0 aliphatic rings. The summed E-state index contributed by atoms with van der Waals surface area (Å²) in [7, 11) is 1.70. The maximum atomic E-state index is 11.7. The van der Waals surface area contributed by atoms with Crippen molar-refractivity contribution in [3.63, 3.8) is 0 Å². The number of rotatable bonds is 4. The Morgan fingerprint density at radius 3 is 1.56 bits per heavy atom. The van der Waals surface area contributed by atoms with Crippen molar-refractivity contribution in [2.45, 2.75) is 6.92 Å². The highest BCUT2D eigenvalue weighted by molar-refractivity contribution is 7.27. The highest BCUT2D eigenvalue weighted by atomic mass is 32.1. The van der Waals surface area contributed by atoms with Gasteiger partial charge in [-0.1, -0.05) is 24.3 Å². The molecular weight excluding hydrogens is 501 g/mol. The van der Waals surface area contributed by atoms with Crippen molar-refractivity contribution in [1.82, 2.24) is 0 Å². The second-order valence-corrected chi connectivity index (χ2v) is 12.1. The van der Waals surface area contributed by atoms with Crippen LogP contribution in [0.3, 0.4) is 0 Å². The van der Waals surface area contributed by atoms with E-state index < -0.39 is 0 Å². The molecule has 4 aromatic carbocycles. The fourth-order valence-corrected chi connectivity index (χ4v) is 8.18. The number of thiophene rings is 3. The van der Waals surface area contributed by atoms with Crippen LogP contribution in [0.5, 0.6) is 5.75 Å². The standard InChI is InChI=1S/C31H20O2S3/c1-17(32)18-3-5-19(6-4-18)28-15-22-24(34-28)11-13-26-30(22)31-23-16-29(20-7-9-21(33-2)10-8-20)35-25(23)12-14-27(31)36-26/h3-16H,1-2H3. The fourth-order valence-electron chi connectivity index (χ4n) is 4.90. The molecule has 0 spiro atoms. The Labute approximate surface area is 220 Å². The highest BCUT2D eigenvalue weighted by Gasteiger charge is 2.16. The number of methoxy groups -OCH3 is 1. The number of benzene rings is 4. The van der Waals surface area contributed by atoms with Gasteiger partial charge in [0.1, 0.15) is 5.75 Å². The van der Waals surface area contributed by atoms with E-state index in [2.05, 4.69) is 60.7 Å². The number of ether oxygens (including phenoxy) is 1. The van der Waals surface area contributed by atoms with Crippen LogP contribution in [0.25, 0.3) is 61.2 Å². The average Bonchev–Trinajstić information content (AvgIpc) is 3.62. The zero-order chi connectivity index (χ0) is 24.4. The summed E-state index contributed by atoms with van der Waals surface area (Å²) >= 11 is 5.52. The van der Waals surface area contributed by atoms with E-state index in [0.29, 0.717) is 0 Å². The monoisotopic (exact) mass is 520 g/mol. The second-order valence-electron chi connectivity index (χ2n) is 8.89. The van der Waals surface area contributed by atoms with E-state index in [4.69, 9.17) is 4.74 Å². The zero-order valence-corrected chi connectivity index (χ0v) is 22.1. The maximum Gasteiger partial charge on any atom is 0.159 e. The van der Waals surface area contributed by atoms with Crippen LogP contribution in [0.1, 0.15) is 17.3 Å². The number of fused-ring (bicyclic) bond motifs is 7. The predicted molar refractivity (Wildman–Crippen MR) is 158 cm³/mol. The van der Waals surface area contributed by atoms with Gasteiger partial charge in [0, 0.05) is 55.7 Å². The lowest BCUT2D eigenvalue weighted by atomic mass is 10.0. The fraction of sp³-hybridized carbons (Fsp3) is 0.0645. The Bertz CT molecular complexity index is 1930. The van der Waals surface area contributed by atoms with Gasteiger partial charge < -0.3 is 4.74 Å². The first-order valence-electron chi connectivity index (χ1n) is 11.7. The van der Waals surface area contributed by atoms with Crippen molar-refractivity contribution in [2.24, 2.45) is 0 Å². The Balaban J connectivity index is 1.44. The Morgan fingerprint density at radius 1 is 0.611 bits per heavy atom. The molecule has 36 heavy (non-hydrogen) atoms. The van der Waals surface area contributed by atoms with Crippen LogP contribution in [0, 0.1) is 0 Å². The SMILES string of the molecule is COc1ccc(-c2cc3c(ccc4sc5ccc6sc(-c7ccc(C(C)=O)cc7)cc6c5c43)s2)cc1. The van der Waals surface area contributed by atoms with Gasteiger partial charge >= 0.3 is 0 Å². The van der Waals surface area contributed by atoms with Crippen LogP contribution in [0.4, 0.5) is 0 Å². The molecule has 174 valence electrons. The first kappa shape index (κ1) is 21.7. The molecule has 0 saturated heterocycles. The maximum absolute atomic E-state index is 11.7. The van der Waals surface area contributed by atoms with Crippen LogP contribution >= 0.6 is 34.0 Å². The van der Waals surface area contributed by atoms with Gasteiger partial charge in [0.25, 0.3) is 0 Å². The summed E-state index contributed by atoms with van der Waals surface area (Å²) in [4.78, 5) is 14.2. The van der Waals surface area contributed by atoms with Crippen LogP contribution in [-0.4, -0.2) is 12.9 Å². The topological polar surface area (TPSA) is 26.3 Å². The third-order valence-electron chi connectivity index (χ3n) is 6.75. The van der Waals surface area contributed by atoms with Gasteiger partial charge in [-0.2, -0.15) is 0 Å². The molecule has 0 amide bonds. The molecule has 7 rings (SSSR count). The van der Waals surface area contributed by atoms with E-state index in [1.165, 1.54) is 55.7 Å². The van der Waals surface area contributed by atoms with Gasteiger partial charge in [-0.15, -0.1) is 34.0 Å². The summed E-state index contributed by atoms with van der Waals surface area (Å²) in [6.07, 6.45) is 0. The minimum Gasteiger partial charge on any atom is -0.497 e. The molecule has 0 unspecified atom stereocenters. The van der Waals surface area contributed by atoms with E-state index in [-0.39, 0.29) is 5.78 Å². The molecule has 0 aliphatic carbocycles. The molecule has 0 saturated carbocycles. The molecule has 0 atom stereocenters. The van der Waals surface area contributed by atoms with Crippen LogP contribution in [0.15, 0.2) is 84.9 Å². The van der Waals surface area contributed by atoms with Crippen molar-refractivity contribution >= 4 is 80.1 Å². The number of hydrogen-bond acceptors (Lipinski definition) is 5. The summed E-state index contributed by atoms with van der Waals surface area (Å²) in [6, 6.07) is 30.0. The van der Waals surface area contributed by atoms with Crippen LogP contribution in [-0.2, 0) is 0 Å². The molecule has 5 heteroatoms. The normalized spacial score (nSPS) is 11.7. The summed E-state index contributed by atoms with van der Waals surface area (Å²) < 4.78 is 10.6. The molecule has 0 fully saturated rings. The molecule has 0 bridgehead atoms. The first-order valence-corrected chi connectivity index (χ1v) is 14.1. The van der Waals surface area contributed by atoms with Gasteiger partial charge in [0.15, 0.2) is 5.78 Å². The number of carbonyl (C=O) groups is 1. The smallest absolute Gasteiger partial charge is 0.159 e. The average molecular weight is 521 g/mol. The summed E-state index contributed by atoms with van der Waals surface area (Å²) in [6.45, 7) is 1.61. The van der Waals surface area contributed by atoms with Crippen molar-refractivity contribution < 1.29 is 9.53 Å².